The van der Waals surface area contributed by atoms with Crippen molar-refractivity contribution in [3.8, 4) is 16.9 Å². The number of unbranched alkanes of at least 4 members (excludes halogenated alkanes) is 10. The van der Waals surface area contributed by atoms with Crippen molar-refractivity contribution >= 4 is 0 Å². The van der Waals surface area contributed by atoms with Crippen LogP contribution < -0.4 is 4.74 Å². The van der Waals surface area contributed by atoms with E-state index in [1.54, 1.807) is 0 Å². The van der Waals surface area contributed by atoms with Crippen molar-refractivity contribution in [1.29, 1.82) is 0 Å². The molecule has 0 atom stereocenters. The molecule has 2 aromatic rings. The summed E-state index contributed by atoms with van der Waals surface area (Å²) in [6.07, 6.45) is 20.7. The van der Waals surface area contributed by atoms with E-state index in [-0.39, 0.29) is 0 Å². The SMILES string of the molecule is CCCCCCCCCc1cnccc1-c1ccccc1OCCCCCCC. The summed E-state index contributed by atoms with van der Waals surface area (Å²) in [6.45, 7) is 5.34. The Hall–Kier alpha value is -1.83. The molecule has 0 saturated heterocycles. The summed E-state index contributed by atoms with van der Waals surface area (Å²) in [5, 5.41) is 0. The van der Waals surface area contributed by atoms with Crippen molar-refractivity contribution in [2.75, 3.05) is 6.61 Å². The number of aromatic nitrogens is 1. The van der Waals surface area contributed by atoms with E-state index in [1.165, 1.54) is 87.3 Å². The second-order valence-corrected chi connectivity index (χ2v) is 8.16. The molecule has 0 radical (unpaired) electrons. The summed E-state index contributed by atoms with van der Waals surface area (Å²) in [6, 6.07) is 10.6. The summed E-state index contributed by atoms with van der Waals surface area (Å²) >= 11 is 0. The largest absolute Gasteiger partial charge is 0.493 e. The number of aryl methyl sites for hydroxylation is 1. The second-order valence-electron chi connectivity index (χ2n) is 8.16. The molecule has 2 nitrogen and oxygen atoms in total. The van der Waals surface area contributed by atoms with Gasteiger partial charge in [0, 0.05) is 18.0 Å². The van der Waals surface area contributed by atoms with Crippen molar-refractivity contribution in [3.05, 3.63) is 48.3 Å². The number of pyridine rings is 1. The summed E-state index contributed by atoms with van der Waals surface area (Å²) in [4.78, 5) is 4.40. The van der Waals surface area contributed by atoms with Crippen LogP contribution in [0.5, 0.6) is 5.75 Å². The van der Waals surface area contributed by atoms with Gasteiger partial charge in [-0.1, -0.05) is 96.3 Å². The van der Waals surface area contributed by atoms with Crippen molar-refractivity contribution in [2.24, 2.45) is 0 Å². The van der Waals surface area contributed by atoms with E-state index in [2.05, 4.69) is 49.2 Å². The lowest BCUT2D eigenvalue weighted by Gasteiger charge is -2.14. The van der Waals surface area contributed by atoms with Gasteiger partial charge >= 0.3 is 0 Å². The number of benzene rings is 1. The van der Waals surface area contributed by atoms with Crippen LogP contribution in [0.2, 0.25) is 0 Å². The third-order valence-corrected chi connectivity index (χ3v) is 5.64. The van der Waals surface area contributed by atoms with Gasteiger partial charge in [-0.2, -0.15) is 0 Å². The molecule has 0 unspecified atom stereocenters. The Balaban J connectivity index is 1.91. The summed E-state index contributed by atoms with van der Waals surface area (Å²) in [5.41, 5.74) is 3.84. The minimum atomic E-state index is 0.804. The third kappa shape index (κ3) is 9.02. The Kier molecular flexibility index (Phi) is 12.2. The third-order valence-electron chi connectivity index (χ3n) is 5.64. The molecule has 0 saturated carbocycles. The van der Waals surface area contributed by atoms with E-state index in [4.69, 9.17) is 4.74 Å². The standard InChI is InChI=1S/C27H41NO/c1-3-5-7-9-10-11-13-17-24-23-28-21-20-25(24)26-18-14-15-19-27(26)29-22-16-12-8-6-4-2/h14-15,18-21,23H,3-13,16-17,22H2,1-2H3. The Bertz CT molecular complexity index is 667. The van der Waals surface area contributed by atoms with Gasteiger partial charge < -0.3 is 4.74 Å². The smallest absolute Gasteiger partial charge is 0.127 e. The average molecular weight is 396 g/mol. The maximum absolute atomic E-state index is 6.19. The van der Waals surface area contributed by atoms with Crippen LogP contribution in [0, 0.1) is 0 Å². The highest BCUT2D eigenvalue weighted by Gasteiger charge is 2.10. The van der Waals surface area contributed by atoms with Crippen LogP contribution in [0.3, 0.4) is 0 Å². The van der Waals surface area contributed by atoms with Gasteiger partial charge in [-0.05, 0) is 42.5 Å². The molecule has 0 aliphatic carbocycles. The summed E-state index contributed by atoms with van der Waals surface area (Å²) < 4.78 is 6.19. The van der Waals surface area contributed by atoms with Crippen molar-refractivity contribution in [2.45, 2.75) is 97.3 Å². The molecule has 1 aromatic carbocycles. The lowest BCUT2D eigenvalue weighted by molar-refractivity contribution is 0.305. The highest BCUT2D eigenvalue weighted by molar-refractivity contribution is 5.72. The normalized spacial score (nSPS) is 11.0. The highest BCUT2D eigenvalue weighted by Crippen LogP contribution is 2.33. The average Bonchev–Trinajstić information content (AvgIpc) is 2.76. The van der Waals surface area contributed by atoms with Crippen molar-refractivity contribution < 1.29 is 4.74 Å². The van der Waals surface area contributed by atoms with E-state index in [1.807, 2.05) is 12.4 Å². The second kappa shape index (κ2) is 15.1. The molecule has 1 aromatic heterocycles. The number of hydrogen-bond acceptors (Lipinski definition) is 2. The maximum atomic E-state index is 6.19. The van der Waals surface area contributed by atoms with Gasteiger partial charge in [0.15, 0.2) is 0 Å². The van der Waals surface area contributed by atoms with Gasteiger partial charge in [0.05, 0.1) is 6.61 Å². The lowest BCUT2D eigenvalue weighted by Crippen LogP contribution is -2.00. The molecule has 2 rings (SSSR count). The van der Waals surface area contributed by atoms with Crippen LogP contribution in [0.15, 0.2) is 42.7 Å². The van der Waals surface area contributed by atoms with Crippen LogP contribution in [-0.2, 0) is 6.42 Å². The molecule has 2 heteroatoms. The fourth-order valence-corrected chi connectivity index (χ4v) is 3.86. The first-order valence-corrected chi connectivity index (χ1v) is 12.0. The van der Waals surface area contributed by atoms with Gasteiger partial charge in [0.25, 0.3) is 0 Å². The molecule has 0 amide bonds. The minimum Gasteiger partial charge on any atom is -0.493 e. The van der Waals surface area contributed by atoms with Gasteiger partial charge in [0.2, 0.25) is 0 Å². The Labute approximate surface area is 179 Å². The minimum absolute atomic E-state index is 0.804. The number of ether oxygens (including phenoxy) is 1. The van der Waals surface area contributed by atoms with Crippen LogP contribution in [0.4, 0.5) is 0 Å². The Morgan fingerprint density at radius 2 is 1.34 bits per heavy atom. The summed E-state index contributed by atoms with van der Waals surface area (Å²) in [5.74, 6) is 1.01. The zero-order valence-corrected chi connectivity index (χ0v) is 18.8. The molecule has 1 heterocycles. The Morgan fingerprint density at radius 1 is 0.690 bits per heavy atom. The molecule has 0 aliphatic heterocycles. The zero-order chi connectivity index (χ0) is 20.6. The first-order chi connectivity index (χ1) is 14.4. The van der Waals surface area contributed by atoms with E-state index < -0.39 is 0 Å². The van der Waals surface area contributed by atoms with Crippen LogP contribution in [0.1, 0.15) is 96.5 Å². The van der Waals surface area contributed by atoms with Crippen molar-refractivity contribution in [3.63, 3.8) is 0 Å². The van der Waals surface area contributed by atoms with Crippen molar-refractivity contribution in [1.82, 2.24) is 4.98 Å². The molecule has 0 fully saturated rings. The predicted molar refractivity (Wildman–Crippen MR) is 126 cm³/mol. The van der Waals surface area contributed by atoms with Gasteiger partial charge in [-0.3, -0.25) is 4.98 Å². The first kappa shape index (κ1) is 23.4. The fourth-order valence-electron chi connectivity index (χ4n) is 3.86. The quantitative estimate of drug-likeness (QED) is 0.266. The molecular weight excluding hydrogens is 354 g/mol. The molecule has 0 aliphatic rings. The van der Waals surface area contributed by atoms with E-state index in [0.29, 0.717) is 0 Å². The van der Waals surface area contributed by atoms with Crippen LogP contribution >= 0.6 is 0 Å². The fraction of sp³-hybridized carbons (Fsp3) is 0.593. The van der Waals surface area contributed by atoms with E-state index >= 15 is 0 Å². The van der Waals surface area contributed by atoms with Crippen LogP contribution in [0.25, 0.3) is 11.1 Å². The molecule has 0 spiro atoms. The summed E-state index contributed by atoms with van der Waals surface area (Å²) in [7, 11) is 0. The number of nitrogens with zero attached hydrogens (tertiary/aromatic N) is 1. The van der Waals surface area contributed by atoms with Gasteiger partial charge in [-0.15, -0.1) is 0 Å². The highest BCUT2D eigenvalue weighted by atomic mass is 16.5. The lowest BCUT2D eigenvalue weighted by atomic mass is 9.96. The Morgan fingerprint density at radius 3 is 2.10 bits per heavy atom. The number of rotatable bonds is 16. The van der Waals surface area contributed by atoms with Gasteiger partial charge in [0.1, 0.15) is 5.75 Å². The van der Waals surface area contributed by atoms with Crippen LogP contribution in [-0.4, -0.2) is 11.6 Å². The van der Waals surface area contributed by atoms with E-state index in [0.717, 1.165) is 25.2 Å². The molecule has 160 valence electrons. The number of para-hydroxylation sites is 1. The molecule has 0 N–H and O–H groups in total. The van der Waals surface area contributed by atoms with E-state index in [9.17, 15) is 0 Å². The monoisotopic (exact) mass is 395 g/mol. The van der Waals surface area contributed by atoms with Gasteiger partial charge in [-0.25, -0.2) is 0 Å². The zero-order valence-electron chi connectivity index (χ0n) is 18.8. The number of hydrogen-bond donors (Lipinski definition) is 0. The molecule has 0 bridgehead atoms. The maximum Gasteiger partial charge on any atom is 0.127 e. The predicted octanol–water partition coefficient (Wildman–Crippen LogP) is 8.39. The topological polar surface area (TPSA) is 22.1 Å². The molecular formula is C27H41NO. The first-order valence-electron chi connectivity index (χ1n) is 12.0. The molecule has 29 heavy (non-hydrogen) atoms.